The van der Waals surface area contributed by atoms with Crippen LogP contribution in [0.15, 0.2) is 51.5 Å². The lowest BCUT2D eigenvalue weighted by Gasteiger charge is -2.00. The molecule has 0 aliphatic carbocycles. The van der Waals surface area contributed by atoms with Gasteiger partial charge in [0.1, 0.15) is 11.4 Å². The van der Waals surface area contributed by atoms with Gasteiger partial charge < -0.3 is 25.2 Å². The number of thioether (sulfide) groups is 1. The highest BCUT2D eigenvalue weighted by atomic mass is 32.2. The van der Waals surface area contributed by atoms with Crippen molar-refractivity contribution in [3.63, 3.8) is 0 Å². The third-order valence-electron chi connectivity index (χ3n) is 4.06. The van der Waals surface area contributed by atoms with Crippen molar-refractivity contribution in [2.24, 2.45) is 5.73 Å². The molecule has 0 aliphatic rings. The van der Waals surface area contributed by atoms with Crippen LogP contribution in [-0.4, -0.2) is 44.8 Å². The standard InChI is InChI=1S/C19H16N6O4S2/c1-28-12-4-2-10(3-5-12)17-24-25-19(29-17)31-9-15(26)23-18-22-14(8-30-18)11-6-13(16(20)27)21-7-11/h2-8,21H,9H2,1H3,(H2,20,27)(H,22,23,26). The number of ether oxygens (including phenoxy) is 1. The topological polar surface area (TPSA) is 149 Å². The number of anilines is 1. The Morgan fingerprint density at radius 2 is 2.06 bits per heavy atom. The first-order chi connectivity index (χ1) is 15.0. The molecule has 158 valence electrons. The van der Waals surface area contributed by atoms with Crippen molar-refractivity contribution in [2.45, 2.75) is 5.22 Å². The van der Waals surface area contributed by atoms with Gasteiger partial charge in [-0.2, -0.15) is 0 Å². The highest BCUT2D eigenvalue weighted by Crippen LogP contribution is 2.27. The van der Waals surface area contributed by atoms with Crippen LogP contribution in [0.5, 0.6) is 5.75 Å². The number of hydrogen-bond donors (Lipinski definition) is 3. The molecule has 0 fully saturated rings. The summed E-state index contributed by atoms with van der Waals surface area (Å²) in [5, 5.41) is 13.2. The fraction of sp³-hybridized carbons (Fsp3) is 0.105. The van der Waals surface area contributed by atoms with Gasteiger partial charge >= 0.3 is 0 Å². The lowest BCUT2D eigenvalue weighted by molar-refractivity contribution is -0.113. The molecular weight excluding hydrogens is 440 g/mol. The molecule has 0 bridgehead atoms. The third kappa shape index (κ3) is 4.92. The average molecular weight is 457 g/mol. The summed E-state index contributed by atoms with van der Waals surface area (Å²) in [6.07, 6.45) is 1.63. The van der Waals surface area contributed by atoms with E-state index in [1.165, 1.54) is 11.3 Å². The van der Waals surface area contributed by atoms with Crippen LogP contribution < -0.4 is 15.8 Å². The maximum atomic E-state index is 12.2. The Labute approximate surface area is 184 Å². The zero-order valence-electron chi connectivity index (χ0n) is 16.1. The number of H-pyrrole nitrogens is 1. The lowest BCUT2D eigenvalue weighted by Crippen LogP contribution is -2.13. The number of thiazole rings is 1. The van der Waals surface area contributed by atoms with E-state index in [2.05, 4.69) is 25.5 Å². The van der Waals surface area contributed by atoms with Crippen LogP contribution in [0.4, 0.5) is 5.13 Å². The van der Waals surface area contributed by atoms with Crippen LogP contribution in [0.2, 0.25) is 0 Å². The largest absolute Gasteiger partial charge is 0.497 e. The number of nitrogens with two attached hydrogens (primary N) is 1. The molecule has 2 amide bonds. The zero-order chi connectivity index (χ0) is 21.8. The highest BCUT2D eigenvalue weighted by molar-refractivity contribution is 7.99. The predicted octanol–water partition coefficient (Wildman–Crippen LogP) is 3.03. The summed E-state index contributed by atoms with van der Waals surface area (Å²) in [6, 6.07) is 8.82. The Balaban J connectivity index is 1.32. The van der Waals surface area contributed by atoms with Gasteiger partial charge in [0.05, 0.1) is 18.6 Å². The Morgan fingerprint density at radius 1 is 1.26 bits per heavy atom. The summed E-state index contributed by atoms with van der Waals surface area (Å²) in [5.74, 6) is 0.349. The number of carbonyl (C=O) groups excluding carboxylic acids is 2. The number of nitrogens with one attached hydrogen (secondary N) is 2. The van der Waals surface area contributed by atoms with Gasteiger partial charge in [-0.3, -0.25) is 9.59 Å². The Morgan fingerprint density at radius 3 is 2.77 bits per heavy atom. The quantitative estimate of drug-likeness (QED) is 0.343. The molecule has 0 radical (unpaired) electrons. The van der Waals surface area contributed by atoms with Gasteiger partial charge in [-0.15, -0.1) is 21.5 Å². The van der Waals surface area contributed by atoms with Crippen molar-refractivity contribution < 1.29 is 18.7 Å². The van der Waals surface area contributed by atoms with Crippen LogP contribution in [0, 0.1) is 0 Å². The molecule has 0 saturated heterocycles. The molecule has 4 aromatic rings. The predicted molar refractivity (Wildman–Crippen MR) is 116 cm³/mol. The number of nitrogens with zero attached hydrogens (tertiary/aromatic N) is 3. The van der Waals surface area contributed by atoms with Gasteiger partial charge in [0.2, 0.25) is 11.8 Å². The van der Waals surface area contributed by atoms with Gasteiger partial charge in [-0.25, -0.2) is 4.98 Å². The number of aromatic nitrogens is 4. The molecule has 12 heteroatoms. The van der Waals surface area contributed by atoms with Crippen molar-refractivity contribution >= 4 is 40.0 Å². The van der Waals surface area contributed by atoms with Crippen LogP contribution >= 0.6 is 23.1 Å². The summed E-state index contributed by atoms with van der Waals surface area (Å²) in [7, 11) is 1.59. The van der Waals surface area contributed by atoms with Crippen molar-refractivity contribution in [1.82, 2.24) is 20.2 Å². The molecule has 10 nitrogen and oxygen atoms in total. The smallest absolute Gasteiger partial charge is 0.277 e. The van der Waals surface area contributed by atoms with Crippen LogP contribution in [-0.2, 0) is 4.79 Å². The molecule has 0 saturated carbocycles. The Bertz CT molecular complexity index is 1210. The molecule has 1 aromatic carbocycles. The molecule has 31 heavy (non-hydrogen) atoms. The number of primary amides is 1. The number of carbonyl (C=O) groups is 2. The van der Waals surface area contributed by atoms with E-state index in [1.54, 1.807) is 36.9 Å². The maximum Gasteiger partial charge on any atom is 0.277 e. The normalized spacial score (nSPS) is 10.7. The van der Waals surface area contributed by atoms with Crippen molar-refractivity contribution in [2.75, 3.05) is 18.2 Å². The van der Waals surface area contributed by atoms with Gasteiger partial charge in [0.25, 0.3) is 11.1 Å². The number of aromatic amines is 1. The molecule has 0 spiro atoms. The second-order valence-corrected chi connectivity index (χ2v) is 7.93. The Kier molecular flexibility index (Phi) is 6.00. The van der Waals surface area contributed by atoms with Gasteiger partial charge in [-0.1, -0.05) is 11.8 Å². The number of methoxy groups -OCH3 is 1. The first kappa shape index (κ1) is 20.6. The SMILES string of the molecule is COc1ccc(-c2nnc(SCC(=O)Nc3nc(-c4c[nH]c(C(N)=O)c4)cs3)o2)cc1. The number of amides is 2. The van der Waals surface area contributed by atoms with Gasteiger partial charge in [-0.05, 0) is 30.3 Å². The summed E-state index contributed by atoms with van der Waals surface area (Å²) < 4.78 is 10.7. The highest BCUT2D eigenvalue weighted by Gasteiger charge is 2.14. The van der Waals surface area contributed by atoms with Crippen molar-refractivity contribution in [3.8, 4) is 28.5 Å². The Hall–Kier alpha value is -3.64. The fourth-order valence-corrected chi connectivity index (χ4v) is 3.85. The second-order valence-electron chi connectivity index (χ2n) is 6.14. The molecule has 3 heterocycles. The first-order valence-corrected chi connectivity index (χ1v) is 10.7. The number of rotatable bonds is 8. The van der Waals surface area contributed by atoms with E-state index in [-0.39, 0.29) is 16.9 Å². The summed E-state index contributed by atoms with van der Waals surface area (Å²) in [5.41, 5.74) is 7.61. The third-order valence-corrected chi connectivity index (χ3v) is 5.64. The monoisotopic (exact) mass is 456 g/mol. The minimum Gasteiger partial charge on any atom is -0.497 e. The van der Waals surface area contributed by atoms with E-state index in [1.807, 2.05) is 12.1 Å². The molecular formula is C19H16N6O4S2. The molecule has 4 N–H and O–H groups in total. The van der Waals surface area contributed by atoms with E-state index in [9.17, 15) is 9.59 Å². The molecule has 4 rings (SSSR count). The lowest BCUT2D eigenvalue weighted by atomic mass is 10.2. The minimum atomic E-state index is -0.553. The maximum absolute atomic E-state index is 12.2. The van der Waals surface area contributed by atoms with Crippen LogP contribution in [0.1, 0.15) is 10.5 Å². The van der Waals surface area contributed by atoms with E-state index < -0.39 is 5.91 Å². The van der Waals surface area contributed by atoms with Crippen molar-refractivity contribution in [1.29, 1.82) is 0 Å². The molecule has 3 aromatic heterocycles. The van der Waals surface area contributed by atoms with Gasteiger partial charge in [0, 0.05) is 22.7 Å². The van der Waals surface area contributed by atoms with Gasteiger partial charge in [0.15, 0.2) is 5.13 Å². The minimum absolute atomic E-state index is 0.0785. The summed E-state index contributed by atoms with van der Waals surface area (Å²) in [4.78, 5) is 30.6. The molecule has 0 unspecified atom stereocenters. The van der Waals surface area contributed by atoms with E-state index >= 15 is 0 Å². The van der Waals surface area contributed by atoms with Crippen LogP contribution in [0.25, 0.3) is 22.7 Å². The average Bonchev–Trinajstić information content (AvgIpc) is 3.52. The van der Waals surface area contributed by atoms with Crippen LogP contribution in [0.3, 0.4) is 0 Å². The van der Waals surface area contributed by atoms with Crippen molar-refractivity contribution in [3.05, 3.63) is 47.6 Å². The summed E-state index contributed by atoms with van der Waals surface area (Å²) in [6.45, 7) is 0. The molecule has 0 atom stereocenters. The summed E-state index contributed by atoms with van der Waals surface area (Å²) >= 11 is 2.40. The first-order valence-electron chi connectivity index (χ1n) is 8.86. The van der Waals surface area contributed by atoms with E-state index in [0.717, 1.165) is 23.1 Å². The molecule has 0 aliphatic heterocycles. The second kappa shape index (κ2) is 9.02. The van der Waals surface area contributed by atoms with E-state index in [0.29, 0.717) is 28.0 Å². The number of benzene rings is 1. The fourth-order valence-electron chi connectivity index (χ4n) is 2.55. The van der Waals surface area contributed by atoms with E-state index in [4.69, 9.17) is 14.9 Å². The number of hydrogen-bond acceptors (Lipinski definition) is 9. The zero-order valence-corrected chi connectivity index (χ0v) is 17.8.